The van der Waals surface area contributed by atoms with Crippen LogP contribution in [-0.2, 0) is 21.0 Å². The normalized spacial score (nSPS) is 10.6. The summed E-state index contributed by atoms with van der Waals surface area (Å²) in [6.07, 6.45) is 1.39. The van der Waals surface area contributed by atoms with Gasteiger partial charge in [0.2, 0.25) is 5.91 Å². The van der Waals surface area contributed by atoms with Crippen LogP contribution in [-0.4, -0.2) is 30.5 Å². The van der Waals surface area contributed by atoms with Crippen molar-refractivity contribution >= 4 is 51.2 Å². The second-order valence-corrected chi connectivity index (χ2v) is 8.81. The summed E-state index contributed by atoms with van der Waals surface area (Å²) in [4.78, 5) is 35.4. The molecule has 3 amide bonds. The molecule has 37 heavy (non-hydrogen) atoms. The Morgan fingerprint density at radius 2 is 1.65 bits per heavy atom. The number of nitrogens with one attached hydrogen (secondary N) is 3. The first kappa shape index (κ1) is 27.4. The highest BCUT2D eigenvalue weighted by atomic mass is 79.9. The molecule has 0 aromatic heterocycles. The molecule has 10 heteroatoms. The summed E-state index contributed by atoms with van der Waals surface area (Å²) in [5.74, 6) is -0.977. The Bertz CT molecular complexity index is 1310. The van der Waals surface area contributed by atoms with E-state index in [0.717, 1.165) is 11.1 Å². The fourth-order valence-corrected chi connectivity index (χ4v) is 3.84. The number of nitrogens with zero attached hydrogens (tertiary/aromatic N) is 1. The summed E-state index contributed by atoms with van der Waals surface area (Å²) in [5, 5.41) is 8.96. The zero-order chi connectivity index (χ0) is 26.8. The van der Waals surface area contributed by atoms with Gasteiger partial charge in [-0.1, -0.05) is 29.8 Å². The van der Waals surface area contributed by atoms with Crippen LogP contribution in [0.3, 0.4) is 0 Å². The van der Waals surface area contributed by atoms with Crippen molar-refractivity contribution in [3.8, 4) is 11.5 Å². The van der Waals surface area contributed by atoms with E-state index in [0.29, 0.717) is 46.1 Å². The summed E-state index contributed by atoms with van der Waals surface area (Å²) < 4.78 is 12.4. The van der Waals surface area contributed by atoms with Crippen LogP contribution >= 0.6 is 15.9 Å². The van der Waals surface area contributed by atoms with Gasteiger partial charge in [0.15, 0.2) is 11.5 Å². The number of aryl methyl sites for hydroxylation is 1. The highest BCUT2D eigenvalue weighted by Gasteiger charge is 2.14. The van der Waals surface area contributed by atoms with Crippen molar-refractivity contribution in [2.24, 2.45) is 5.10 Å². The summed E-state index contributed by atoms with van der Waals surface area (Å²) >= 11 is 3.51. The topological polar surface area (TPSA) is 118 Å². The van der Waals surface area contributed by atoms with Gasteiger partial charge in [0.25, 0.3) is 0 Å². The van der Waals surface area contributed by atoms with Gasteiger partial charge in [0.05, 0.1) is 17.3 Å². The number of halogens is 1. The first-order chi connectivity index (χ1) is 17.7. The number of ether oxygens (including phenoxy) is 2. The van der Waals surface area contributed by atoms with E-state index in [1.54, 1.807) is 36.4 Å². The molecular formula is C27H27BrN4O5. The van der Waals surface area contributed by atoms with Crippen molar-refractivity contribution in [2.75, 3.05) is 17.2 Å². The quantitative estimate of drug-likeness (QED) is 0.195. The third-order valence-corrected chi connectivity index (χ3v) is 5.44. The predicted molar refractivity (Wildman–Crippen MR) is 146 cm³/mol. The van der Waals surface area contributed by atoms with Crippen molar-refractivity contribution in [1.29, 1.82) is 0 Å². The highest BCUT2D eigenvalue weighted by Crippen LogP contribution is 2.37. The smallest absolute Gasteiger partial charge is 0.329 e. The summed E-state index contributed by atoms with van der Waals surface area (Å²) in [6, 6.07) is 17.9. The van der Waals surface area contributed by atoms with Crippen molar-refractivity contribution in [3.63, 3.8) is 0 Å². The first-order valence-corrected chi connectivity index (χ1v) is 12.2. The Morgan fingerprint density at radius 3 is 2.30 bits per heavy atom. The van der Waals surface area contributed by atoms with E-state index < -0.39 is 11.8 Å². The van der Waals surface area contributed by atoms with E-state index in [1.165, 1.54) is 13.1 Å². The number of amides is 3. The maximum atomic E-state index is 12.2. The number of hydrogen-bond donors (Lipinski definition) is 3. The minimum absolute atomic E-state index is 0.209. The largest absolute Gasteiger partial charge is 0.490 e. The molecule has 0 bridgehead atoms. The van der Waals surface area contributed by atoms with Crippen molar-refractivity contribution in [3.05, 3.63) is 81.8 Å². The van der Waals surface area contributed by atoms with Gasteiger partial charge in [-0.25, -0.2) is 5.43 Å². The molecule has 0 saturated carbocycles. The number of carbonyl (C=O) groups is 3. The van der Waals surface area contributed by atoms with E-state index >= 15 is 0 Å². The zero-order valence-corrected chi connectivity index (χ0v) is 22.2. The van der Waals surface area contributed by atoms with Crippen LogP contribution in [0.4, 0.5) is 11.4 Å². The number of rotatable bonds is 9. The van der Waals surface area contributed by atoms with E-state index in [-0.39, 0.29) is 5.91 Å². The maximum Gasteiger partial charge on any atom is 0.329 e. The average molecular weight is 567 g/mol. The van der Waals surface area contributed by atoms with Gasteiger partial charge in [0, 0.05) is 18.3 Å². The molecule has 0 spiro atoms. The van der Waals surface area contributed by atoms with Gasteiger partial charge in [-0.15, -0.1) is 0 Å². The Labute approximate surface area is 223 Å². The molecule has 0 atom stereocenters. The number of anilines is 2. The number of benzene rings is 3. The van der Waals surface area contributed by atoms with E-state index in [4.69, 9.17) is 9.47 Å². The number of hydrogen-bond acceptors (Lipinski definition) is 6. The molecule has 0 radical (unpaired) electrons. The molecule has 192 valence electrons. The highest BCUT2D eigenvalue weighted by molar-refractivity contribution is 9.10. The molecule has 0 aliphatic carbocycles. The summed E-state index contributed by atoms with van der Waals surface area (Å²) in [7, 11) is 0. The van der Waals surface area contributed by atoms with Crippen molar-refractivity contribution in [2.45, 2.75) is 27.4 Å². The lowest BCUT2D eigenvalue weighted by Gasteiger charge is -2.15. The standard InChI is InChI=1S/C27H27BrN4O5/c1-4-36-24-14-20(13-23(28)25(24)37-16-19-7-5-6-17(2)12-19)15-29-32-27(35)26(34)31-22-10-8-21(9-11-22)30-18(3)33/h5-15H,4,16H2,1-3H3,(H,30,33)(H,31,34)(H,32,35). The molecule has 3 aromatic carbocycles. The third-order valence-electron chi connectivity index (χ3n) is 4.85. The second-order valence-electron chi connectivity index (χ2n) is 7.95. The summed E-state index contributed by atoms with van der Waals surface area (Å²) in [5.41, 5.74) is 5.96. The molecule has 3 rings (SSSR count). The van der Waals surface area contributed by atoms with Crippen LogP contribution < -0.4 is 25.5 Å². The Hall–Kier alpha value is -4.18. The predicted octanol–water partition coefficient (Wildman–Crippen LogP) is 4.78. The van der Waals surface area contributed by atoms with Gasteiger partial charge in [-0.2, -0.15) is 5.10 Å². The average Bonchev–Trinajstić information content (AvgIpc) is 2.84. The molecule has 0 heterocycles. The lowest BCUT2D eigenvalue weighted by Crippen LogP contribution is -2.32. The fraction of sp³-hybridized carbons (Fsp3) is 0.185. The molecule has 0 fully saturated rings. The van der Waals surface area contributed by atoms with Crippen LogP contribution in [0.5, 0.6) is 11.5 Å². The van der Waals surface area contributed by atoms with Crippen LogP contribution in [0.1, 0.15) is 30.5 Å². The van der Waals surface area contributed by atoms with Crippen LogP contribution in [0.15, 0.2) is 70.2 Å². The SMILES string of the molecule is CCOc1cc(C=NNC(=O)C(=O)Nc2ccc(NC(C)=O)cc2)cc(Br)c1OCc1cccc(C)c1. The Balaban J connectivity index is 1.61. The second kappa shape index (κ2) is 13.2. The molecule has 3 aromatic rings. The maximum absolute atomic E-state index is 12.2. The fourth-order valence-electron chi connectivity index (χ4n) is 3.27. The van der Waals surface area contributed by atoms with Gasteiger partial charge in [-0.05, 0) is 77.3 Å². The Kier molecular flexibility index (Phi) is 9.79. The van der Waals surface area contributed by atoms with E-state index in [2.05, 4.69) is 43.2 Å². The molecule has 0 saturated heterocycles. The van der Waals surface area contributed by atoms with Gasteiger partial charge in [0.1, 0.15) is 6.61 Å². The molecular weight excluding hydrogens is 540 g/mol. The first-order valence-electron chi connectivity index (χ1n) is 11.4. The Morgan fingerprint density at radius 1 is 0.946 bits per heavy atom. The van der Waals surface area contributed by atoms with E-state index in [1.807, 2.05) is 32.0 Å². The van der Waals surface area contributed by atoms with Crippen molar-refractivity contribution < 1.29 is 23.9 Å². The van der Waals surface area contributed by atoms with Crippen LogP contribution in [0.2, 0.25) is 0 Å². The van der Waals surface area contributed by atoms with Gasteiger partial charge < -0.3 is 20.1 Å². The molecule has 0 unspecified atom stereocenters. The van der Waals surface area contributed by atoms with Crippen LogP contribution in [0.25, 0.3) is 0 Å². The molecule has 9 nitrogen and oxygen atoms in total. The molecule has 3 N–H and O–H groups in total. The molecule has 0 aliphatic heterocycles. The zero-order valence-electron chi connectivity index (χ0n) is 20.6. The lowest BCUT2D eigenvalue weighted by atomic mass is 10.1. The van der Waals surface area contributed by atoms with E-state index in [9.17, 15) is 14.4 Å². The van der Waals surface area contributed by atoms with Gasteiger partial charge >= 0.3 is 11.8 Å². The lowest BCUT2D eigenvalue weighted by molar-refractivity contribution is -0.136. The van der Waals surface area contributed by atoms with Gasteiger partial charge in [-0.3, -0.25) is 14.4 Å². The number of carbonyl (C=O) groups excluding carboxylic acids is 3. The molecule has 0 aliphatic rings. The van der Waals surface area contributed by atoms with Crippen LogP contribution in [0, 0.1) is 6.92 Å². The van der Waals surface area contributed by atoms with Crippen molar-refractivity contribution in [1.82, 2.24) is 5.43 Å². The third kappa shape index (κ3) is 8.46. The summed E-state index contributed by atoms with van der Waals surface area (Å²) in [6.45, 7) is 6.08. The number of hydrazone groups is 1. The minimum atomic E-state index is -0.940. The monoisotopic (exact) mass is 566 g/mol. The minimum Gasteiger partial charge on any atom is -0.490 e.